The van der Waals surface area contributed by atoms with Crippen molar-refractivity contribution in [3.63, 3.8) is 0 Å². The summed E-state index contributed by atoms with van der Waals surface area (Å²) in [6.07, 6.45) is 0. The smallest absolute Gasteiger partial charge is 0.272 e. The van der Waals surface area contributed by atoms with E-state index in [9.17, 15) is 4.79 Å². The SMILES string of the molecule is Cc1[nH]c2ccc(CNC(=O)C(Cl)(Cl)Cl)cc2c1C. The highest BCUT2D eigenvalue weighted by atomic mass is 35.6. The molecule has 0 bridgehead atoms. The first-order chi connectivity index (χ1) is 8.79. The number of halogens is 3. The zero-order chi connectivity index (χ0) is 14.2. The van der Waals surface area contributed by atoms with Gasteiger partial charge in [0.25, 0.3) is 9.70 Å². The Balaban J connectivity index is 2.18. The van der Waals surface area contributed by atoms with Gasteiger partial charge in [0.15, 0.2) is 0 Å². The Kier molecular flexibility index (Phi) is 4.00. The Morgan fingerprint density at radius 3 is 2.63 bits per heavy atom. The Morgan fingerprint density at radius 1 is 1.32 bits per heavy atom. The van der Waals surface area contributed by atoms with E-state index in [-0.39, 0.29) is 0 Å². The van der Waals surface area contributed by atoms with Gasteiger partial charge < -0.3 is 10.3 Å². The highest BCUT2D eigenvalue weighted by Gasteiger charge is 2.30. The molecule has 6 heteroatoms. The summed E-state index contributed by atoms with van der Waals surface area (Å²) in [7, 11) is 0. The second-order valence-electron chi connectivity index (χ2n) is 4.44. The minimum Gasteiger partial charge on any atom is -0.358 e. The molecular formula is C13H13Cl3N2O. The minimum absolute atomic E-state index is 0.326. The zero-order valence-corrected chi connectivity index (χ0v) is 12.7. The zero-order valence-electron chi connectivity index (χ0n) is 10.5. The van der Waals surface area contributed by atoms with Crippen LogP contribution < -0.4 is 5.32 Å². The summed E-state index contributed by atoms with van der Waals surface area (Å²) in [5.41, 5.74) is 4.37. The topological polar surface area (TPSA) is 44.9 Å². The third-order valence-corrected chi connectivity index (χ3v) is 3.60. The van der Waals surface area contributed by atoms with Gasteiger partial charge in [-0.15, -0.1) is 0 Å². The van der Waals surface area contributed by atoms with E-state index >= 15 is 0 Å². The van der Waals surface area contributed by atoms with Crippen molar-refractivity contribution < 1.29 is 4.79 Å². The maximum Gasteiger partial charge on any atom is 0.272 e. The summed E-state index contributed by atoms with van der Waals surface area (Å²) in [5.74, 6) is -0.625. The van der Waals surface area contributed by atoms with Crippen molar-refractivity contribution in [1.29, 1.82) is 0 Å². The van der Waals surface area contributed by atoms with E-state index in [4.69, 9.17) is 34.8 Å². The monoisotopic (exact) mass is 318 g/mol. The van der Waals surface area contributed by atoms with Crippen LogP contribution in [0.1, 0.15) is 16.8 Å². The van der Waals surface area contributed by atoms with Crippen LogP contribution in [0.2, 0.25) is 0 Å². The van der Waals surface area contributed by atoms with Gasteiger partial charge in [0.05, 0.1) is 0 Å². The first-order valence-corrected chi connectivity index (χ1v) is 6.85. The van der Waals surface area contributed by atoms with Gasteiger partial charge in [0.2, 0.25) is 0 Å². The summed E-state index contributed by atoms with van der Waals surface area (Å²) in [6.45, 7) is 4.41. The number of carbonyl (C=O) groups is 1. The third kappa shape index (κ3) is 3.16. The molecule has 102 valence electrons. The molecule has 19 heavy (non-hydrogen) atoms. The van der Waals surface area contributed by atoms with Crippen LogP contribution in [0.5, 0.6) is 0 Å². The molecule has 0 radical (unpaired) electrons. The fourth-order valence-electron chi connectivity index (χ4n) is 1.90. The Hall–Kier alpha value is -0.900. The minimum atomic E-state index is -1.93. The van der Waals surface area contributed by atoms with E-state index in [1.54, 1.807) is 0 Å². The van der Waals surface area contributed by atoms with Gasteiger partial charge in [-0.05, 0) is 37.1 Å². The highest BCUT2D eigenvalue weighted by molar-refractivity contribution is 6.76. The van der Waals surface area contributed by atoms with Crippen LogP contribution in [0.25, 0.3) is 10.9 Å². The molecule has 2 N–H and O–H groups in total. The van der Waals surface area contributed by atoms with E-state index in [1.165, 1.54) is 5.56 Å². The van der Waals surface area contributed by atoms with Crippen molar-refractivity contribution in [3.05, 3.63) is 35.0 Å². The summed E-state index contributed by atoms with van der Waals surface area (Å²) in [4.78, 5) is 14.8. The van der Waals surface area contributed by atoms with Crippen molar-refractivity contribution >= 4 is 51.6 Å². The van der Waals surface area contributed by atoms with Gasteiger partial charge in [-0.2, -0.15) is 0 Å². The van der Waals surface area contributed by atoms with E-state index in [0.29, 0.717) is 6.54 Å². The van der Waals surface area contributed by atoms with Crippen LogP contribution in [0, 0.1) is 13.8 Å². The first-order valence-electron chi connectivity index (χ1n) is 5.72. The van der Waals surface area contributed by atoms with Gasteiger partial charge >= 0.3 is 0 Å². The lowest BCUT2D eigenvalue weighted by Crippen LogP contribution is -2.33. The number of alkyl halides is 3. The molecule has 2 aromatic rings. The number of H-pyrrole nitrogens is 1. The maximum absolute atomic E-state index is 11.5. The summed E-state index contributed by atoms with van der Waals surface area (Å²) in [6, 6.07) is 5.93. The number of amides is 1. The molecule has 0 saturated carbocycles. The highest BCUT2D eigenvalue weighted by Crippen LogP contribution is 2.26. The normalized spacial score (nSPS) is 11.8. The van der Waals surface area contributed by atoms with Crippen molar-refractivity contribution in [1.82, 2.24) is 10.3 Å². The number of aromatic nitrogens is 1. The molecule has 0 aliphatic rings. The standard InChI is InChI=1S/C13H13Cl3N2O/c1-7-8(2)18-11-4-3-9(5-10(7)11)6-17-12(19)13(14,15)16/h3-5,18H,6H2,1-2H3,(H,17,19). The Labute approximate surface area is 126 Å². The number of rotatable bonds is 2. The molecule has 0 saturated heterocycles. The Morgan fingerprint density at radius 2 is 2.00 bits per heavy atom. The average Bonchev–Trinajstić information content (AvgIpc) is 2.61. The summed E-state index contributed by atoms with van der Waals surface area (Å²) < 4.78 is -1.93. The van der Waals surface area contributed by atoms with E-state index in [0.717, 1.165) is 22.2 Å². The number of benzene rings is 1. The van der Waals surface area contributed by atoms with Gasteiger partial charge in [-0.3, -0.25) is 4.79 Å². The van der Waals surface area contributed by atoms with Crippen LogP contribution in [0.4, 0.5) is 0 Å². The molecule has 0 aliphatic carbocycles. The number of hydrogen-bond donors (Lipinski definition) is 2. The molecule has 0 fully saturated rings. The van der Waals surface area contributed by atoms with E-state index in [2.05, 4.69) is 17.2 Å². The average molecular weight is 320 g/mol. The van der Waals surface area contributed by atoms with Crippen molar-refractivity contribution in [3.8, 4) is 0 Å². The van der Waals surface area contributed by atoms with Crippen LogP contribution >= 0.6 is 34.8 Å². The van der Waals surface area contributed by atoms with Crippen molar-refractivity contribution in [2.45, 2.75) is 24.2 Å². The summed E-state index contributed by atoms with van der Waals surface area (Å²) in [5, 5.41) is 3.72. The van der Waals surface area contributed by atoms with Crippen molar-refractivity contribution in [2.24, 2.45) is 0 Å². The second kappa shape index (κ2) is 5.23. The van der Waals surface area contributed by atoms with E-state index in [1.807, 2.05) is 25.1 Å². The number of aryl methyl sites for hydroxylation is 2. The molecule has 0 spiro atoms. The van der Waals surface area contributed by atoms with Crippen LogP contribution in [0.15, 0.2) is 18.2 Å². The predicted molar refractivity (Wildman–Crippen MR) is 79.9 cm³/mol. The molecule has 2 rings (SSSR count). The number of nitrogens with one attached hydrogen (secondary N) is 2. The van der Waals surface area contributed by atoms with Gasteiger partial charge in [0.1, 0.15) is 0 Å². The maximum atomic E-state index is 11.5. The number of fused-ring (bicyclic) bond motifs is 1. The quantitative estimate of drug-likeness (QED) is 0.813. The van der Waals surface area contributed by atoms with Gasteiger partial charge in [-0.25, -0.2) is 0 Å². The second-order valence-corrected chi connectivity index (χ2v) is 6.72. The van der Waals surface area contributed by atoms with Crippen molar-refractivity contribution in [2.75, 3.05) is 0 Å². The predicted octanol–water partition coefficient (Wildman–Crippen LogP) is 3.77. The summed E-state index contributed by atoms with van der Waals surface area (Å²) >= 11 is 16.5. The van der Waals surface area contributed by atoms with Crippen LogP contribution in [0.3, 0.4) is 0 Å². The van der Waals surface area contributed by atoms with Gasteiger partial charge in [-0.1, -0.05) is 40.9 Å². The number of hydrogen-bond acceptors (Lipinski definition) is 1. The third-order valence-electron chi connectivity index (χ3n) is 3.08. The molecule has 3 nitrogen and oxygen atoms in total. The molecule has 0 atom stereocenters. The number of carbonyl (C=O) groups excluding carboxylic acids is 1. The fourth-order valence-corrected chi connectivity index (χ4v) is 2.10. The molecule has 0 aliphatic heterocycles. The lowest BCUT2D eigenvalue weighted by Gasteiger charge is -2.11. The lowest BCUT2D eigenvalue weighted by molar-refractivity contribution is -0.120. The molecular weight excluding hydrogens is 307 g/mol. The number of aromatic amines is 1. The molecule has 1 aromatic carbocycles. The van der Waals surface area contributed by atoms with Gasteiger partial charge in [0, 0.05) is 23.1 Å². The molecule has 1 aromatic heterocycles. The van der Waals surface area contributed by atoms with Crippen LogP contribution in [-0.2, 0) is 11.3 Å². The molecule has 0 unspecified atom stereocenters. The van der Waals surface area contributed by atoms with Crippen LogP contribution in [-0.4, -0.2) is 14.7 Å². The van der Waals surface area contributed by atoms with E-state index < -0.39 is 9.70 Å². The lowest BCUT2D eigenvalue weighted by atomic mass is 10.1. The molecule has 1 heterocycles. The first kappa shape index (κ1) is 14.5. The molecule has 1 amide bonds. The fraction of sp³-hybridized carbons (Fsp3) is 0.308. The Bertz CT molecular complexity index is 629. The largest absolute Gasteiger partial charge is 0.358 e.